The Kier molecular flexibility index (Phi) is 7.38. The van der Waals surface area contributed by atoms with E-state index in [1.54, 1.807) is 0 Å². The van der Waals surface area contributed by atoms with E-state index in [1.807, 2.05) is 6.92 Å². The SMILES string of the molecule is CCNc1ncc([N+](=O)[O-])c(NCCCN(CC)CC)n1. The van der Waals surface area contributed by atoms with Gasteiger partial charge in [-0.1, -0.05) is 13.8 Å². The second-order valence-corrected chi connectivity index (χ2v) is 4.52. The Bertz CT molecular complexity index is 450. The number of anilines is 2. The molecule has 1 aromatic rings. The summed E-state index contributed by atoms with van der Waals surface area (Å²) in [6.07, 6.45) is 2.14. The average molecular weight is 296 g/mol. The number of aromatic nitrogens is 2. The number of hydrogen-bond acceptors (Lipinski definition) is 7. The number of nitro groups is 1. The summed E-state index contributed by atoms with van der Waals surface area (Å²) in [5.41, 5.74) is -0.0977. The smallest absolute Gasteiger partial charge is 0.329 e. The molecule has 1 aromatic heterocycles. The van der Waals surface area contributed by atoms with Crippen LogP contribution in [0.1, 0.15) is 27.2 Å². The summed E-state index contributed by atoms with van der Waals surface area (Å²) >= 11 is 0. The minimum absolute atomic E-state index is 0.0977. The lowest BCUT2D eigenvalue weighted by atomic mass is 10.3. The monoisotopic (exact) mass is 296 g/mol. The van der Waals surface area contributed by atoms with Crippen LogP contribution in [-0.2, 0) is 0 Å². The summed E-state index contributed by atoms with van der Waals surface area (Å²) in [7, 11) is 0. The van der Waals surface area contributed by atoms with Crippen LogP contribution in [0.4, 0.5) is 17.5 Å². The first kappa shape index (κ1) is 17.1. The number of hydrogen-bond donors (Lipinski definition) is 2. The lowest BCUT2D eigenvalue weighted by Gasteiger charge is -2.17. The molecule has 0 fully saturated rings. The van der Waals surface area contributed by atoms with Crippen LogP contribution >= 0.6 is 0 Å². The molecular weight excluding hydrogens is 272 g/mol. The van der Waals surface area contributed by atoms with Crippen LogP contribution in [0.2, 0.25) is 0 Å². The van der Waals surface area contributed by atoms with Crippen molar-refractivity contribution in [1.82, 2.24) is 14.9 Å². The van der Waals surface area contributed by atoms with Gasteiger partial charge in [-0.25, -0.2) is 4.98 Å². The molecule has 0 bridgehead atoms. The molecule has 2 N–H and O–H groups in total. The van der Waals surface area contributed by atoms with Gasteiger partial charge in [-0.15, -0.1) is 0 Å². The summed E-state index contributed by atoms with van der Waals surface area (Å²) in [6.45, 7) is 10.4. The Morgan fingerprint density at radius 3 is 2.57 bits per heavy atom. The predicted molar refractivity (Wildman–Crippen MR) is 83.7 cm³/mol. The molecule has 0 spiro atoms. The maximum Gasteiger partial charge on any atom is 0.329 e. The normalized spacial score (nSPS) is 10.7. The van der Waals surface area contributed by atoms with Crippen molar-refractivity contribution in [3.8, 4) is 0 Å². The van der Waals surface area contributed by atoms with E-state index >= 15 is 0 Å². The van der Waals surface area contributed by atoms with Crippen LogP contribution in [0, 0.1) is 10.1 Å². The van der Waals surface area contributed by atoms with Gasteiger partial charge in [0.2, 0.25) is 11.8 Å². The van der Waals surface area contributed by atoms with Gasteiger partial charge in [-0.05, 0) is 33.0 Å². The van der Waals surface area contributed by atoms with Gasteiger partial charge in [0.15, 0.2) is 0 Å². The average Bonchev–Trinajstić information content (AvgIpc) is 2.47. The Balaban J connectivity index is 2.62. The number of nitrogens with zero attached hydrogens (tertiary/aromatic N) is 4. The zero-order valence-electron chi connectivity index (χ0n) is 12.9. The molecule has 21 heavy (non-hydrogen) atoms. The highest BCUT2D eigenvalue weighted by atomic mass is 16.6. The molecule has 0 aliphatic rings. The summed E-state index contributed by atoms with van der Waals surface area (Å²) in [6, 6.07) is 0. The summed E-state index contributed by atoms with van der Waals surface area (Å²) in [5, 5.41) is 17.0. The molecular formula is C13H24N6O2. The third kappa shape index (κ3) is 5.50. The zero-order chi connectivity index (χ0) is 15.7. The molecule has 1 rings (SSSR count). The van der Waals surface area contributed by atoms with Crippen molar-refractivity contribution in [2.24, 2.45) is 0 Å². The van der Waals surface area contributed by atoms with Crippen LogP contribution in [0.5, 0.6) is 0 Å². The summed E-state index contributed by atoms with van der Waals surface area (Å²) < 4.78 is 0. The van der Waals surface area contributed by atoms with Gasteiger partial charge >= 0.3 is 5.69 Å². The minimum atomic E-state index is -0.470. The topological polar surface area (TPSA) is 96.2 Å². The molecule has 0 unspecified atom stereocenters. The van der Waals surface area contributed by atoms with Crippen LogP contribution in [0.25, 0.3) is 0 Å². The molecule has 118 valence electrons. The Hall–Kier alpha value is -1.96. The molecule has 8 nitrogen and oxygen atoms in total. The molecule has 0 saturated carbocycles. The fourth-order valence-corrected chi connectivity index (χ4v) is 1.93. The quantitative estimate of drug-likeness (QED) is 0.387. The first-order valence-corrected chi connectivity index (χ1v) is 7.33. The van der Waals surface area contributed by atoms with Crippen LogP contribution in [0.15, 0.2) is 6.20 Å². The van der Waals surface area contributed by atoms with Gasteiger partial charge in [0.05, 0.1) is 4.92 Å². The minimum Gasteiger partial charge on any atom is -0.364 e. The van der Waals surface area contributed by atoms with E-state index < -0.39 is 4.92 Å². The fourth-order valence-electron chi connectivity index (χ4n) is 1.93. The largest absolute Gasteiger partial charge is 0.364 e. The van der Waals surface area contributed by atoms with Crippen molar-refractivity contribution in [2.45, 2.75) is 27.2 Å². The summed E-state index contributed by atoms with van der Waals surface area (Å²) in [5.74, 6) is 0.667. The van der Waals surface area contributed by atoms with Crippen LogP contribution in [-0.4, -0.2) is 52.5 Å². The van der Waals surface area contributed by atoms with E-state index in [2.05, 4.69) is 39.3 Å². The molecule has 1 heterocycles. The van der Waals surface area contributed by atoms with Crippen LogP contribution < -0.4 is 10.6 Å². The van der Waals surface area contributed by atoms with Crippen LogP contribution in [0.3, 0.4) is 0 Å². The molecule has 0 atom stereocenters. The van der Waals surface area contributed by atoms with Gasteiger partial charge in [-0.3, -0.25) is 10.1 Å². The Morgan fingerprint density at radius 1 is 1.29 bits per heavy atom. The highest BCUT2D eigenvalue weighted by Gasteiger charge is 2.16. The van der Waals surface area contributed by atoms with E-state index in [9.17, 15) is 10.1 Å². The molecule has 0 radical (unpaired) electrons. The highest BCUT2D eigenvalue weighted by molar-refractivity contribution is 5.56. The van der Waals surface area contributed by atoms with Crippen molar-refractivity contribution in [3.05, 3.63) is 16.3 Å². The second-order valence-electron chi connectivity index (χ2n) is 4.52. The first-order chi connectivity index (χ1) is 10.1. The molecule has 8 heteroatoms. The standard InChI is InChI=1S/C13H24N6O2/c1-4-14-13-16-10-11(19(20)21)12(17-13)15-8-7-9-18(5-2)6-3/h10H,4-9H2,1-3H3,(H2,14,15,16,17). The van der Waals surface area contributed by atoms with Gasteiger partial charge in [0.25, 0.3) is 0 Å². The molecule has 0 saturated heterocycles. The van der Waals surface area contributed by atoms with Crippen molar-refractivity contribution < 1.29 is 4.92 Å². The third-order valence-corrected chi connectivity index (χ3v) is 3.14. The van der Waals surface area contributed by atoms with E-state index in [1.165, 1.54) is 6.20 Å². The van der Waals surface area contributed by atoms with Crippen molar-refractivity contribution in [2.75, 3.05) is 43.4 Å². The third-order valence-electron chi connectivity index (χ3n) is 3.14. The van der Waals surface area contributed by atoms with Gasteiger partial charge < -0.3 is 15.5 Å². The maximum absolute atomic E-state index is 11.0. The maximum atomic E-state index is 11.0. The van der Waals surface area contributed by atoms with Crippen molar-refractivity contribution in [1.29, 1.82) is 0 Å². The van der Waals surface area contributed by atoms with Gasteiger partial charge in [-0.2, -0.15) is 4.98 Å². The number of rotatable bonds is 10. The van der Waals surface area contributed by atoms with Gasteiger partial charge in [0.1, 0.15) is 6.20 Å². The number of nitrogens with one attached hydrogen (secondary N) is 2. The molecule has 0 aromatic carbocycles. The molecule has 0 aliphatic heterocycles. The van der Waals surface area contributed by atoms with E-state index in [4.69, 9.17) is 0 Å². The van der Waals surface area contributed by atoms with Crippen molar-refractivity contribution >= 4 is 17.5 Å². The lowest BCUT2D eigenvalue weighted by molar-refractivity contribution is -0.384. The fraction of sp³-hybridized carbons (Fsp3) is 0.692. The van der Waals surface area contributed by atoms with Crippen molar-refractivity contribution in [3.63, 3.8) is 0 Å². The first-order valence-electron chi connectivity index (χ1n) is 7.33. The summed E-state index contributed by atoms with van der Waals surface area (Å²) in [4.78, 5) is 20.9. The van der Waals surface area contributed by atoms with Gasteiger partial charge in [0, 0.05) is 13.1 Å². The predicted octanol–water partition coefficient (Wildman–Crippen LogP) is 1.96. The van der Waals surface area contributed by atoms with E-state index in [0.717, 1.165) is 26.1 Å². The second kappa shape index (κ2) is 9.06. The Morgan fingerprint density at radius 2 is 2.00 bits per heavy atom. The molecule has 0 amide bonds. The highest BCUT2D eigenvalue weighted by Crippen LogP contribution is 2.21. The molecule has 0 aliphatic carbocycles. The van der Waals surface area contributed by atoms with E-state index in [-0.39, 0.29) is 11.5 Å². The Labute approximate surface area is 125 Å². The lowest BCUT2D eigenvalue weighted by Crippen LogP contribution is -2.25. The zero-order valence-corrected chi connectivity index (χ0v) is 12.9. The van der Waals surface area contributed by atoms with E-state index in [0.29, 0.717) is 19.0 Å².